The van der Waals surface area contributed by atoms with Gasteiger partial charge in [-0.05, 0) is 19.1 Å². The molecule has 62 valence electrons. The third-order valence-corrected chi connectivity index (χ3v) is 1.69. The lowest BCUT2D eigenvalue weighted by Crippen LogP contribution is -1.88. The van der Waals surface area contributed by atoms with Crippen LogP contribution < -0.4 is 0 Å². The lowest BCUT2D eigenvalue weighted by Gasteiger charge is -1.94. The van der Waals surface area contributed by atoms with E-state index in [1.165, 1.54) is 0 Å². The molecule has 2 aromatic rings. The molecular formula is C8H9N3O. The Balaban J connectivity index is 2.50. The van der Waals surface area contributed by atoms with Crippen LogP contribution in [0.25, 0.3) is 11.6 Å². The highest BCUT2D eigenvalue weighted by molar-refractivity contribution is 5.47. The topological polar surface area (TPSA) is 43.9 Å². The summed E-state index contributed by atoms with van der Waals surface area (Å²) in [5, 5.41) is 3.71. The first kappa shape index (κ1) is 7.09. The van der Waals surface area contributed by atoms with E-state index in [-0.39, 0.29) is 0 Å². The van der Waals surface area contributed by atoms with Gasteiger partial charge in [-0.1, -0.05) is 5.16 Å². The maximum absolute atomic E-state index is 5.01. The second-order valence-corrected chi connectivity index (χ2v) is 2.65. The predicted molar refractivity (Wildman–Crippen MR) is 43.4 cm³/mol. The van der Waals surface area contributed by atoms with Crippen LogP contribution in [0.5, 0.6) is 0 Å². The van der Waals surface area contributed by atoms with E-state index < -0.39 is 0 Å². The fourth-order valence-electron chi connectivity index (χ4n) is 1.08. The van der Waals surface area contributed by atoms with Crippen molar-refractivity contribution in [3.8, 4) is 11.6 Å². The van der Waals surface area contributed by atoms with E-state index in [4.69, 9.17) is 4.52 Å². The molecule has 0 saturated carbocycles. The Morgan fingerprint density at radius 3 is 2.83 bits per heavy atom. The van der Waals surface area contributed by atoms with Crippen LogP contribution in [0, 0.1) is 6.92 Å². The zero-order valence-electron chi connectivity index (χ0n) is 6.98. The molecule has 0 radical (unpaired) electrons. The van der Waals surface area contributed by atoms with Gasteiger partial charge in [0.15, 0.2) is 5.82 Å². The monoisotopic (exact) mass is 163 g/mol. The van der Waals surface area contributed by atoms with Gasteiger partial charge in [0.1, 0.15) is 5.69 Å². The second kappa shape index (κ2) is 2.48. The highest BCUT2D eigenvalue weighted by Crippen LogP contribution is 2.15. The second-order valence-electron chi connectivity index (χ2n) is 2.65. The summed E-state index contributed by atoms with van der Waals surface area (Å²) in [6.07, 6.45) is 1.94. The molecule has 0 saturated heterocycles. The van der Waals surface area contributed by atoms with Crippen molar-refractivity contribution in [2.45, 2.75) is 6.92 Å². The molecule has 0 aromatic carbocycles. The first-order valence-corrected chi connectivity index (χ1v) is 3.69. The smallest absolute Gasteiger partial charge is 0.274 e. The van der Waals surface area contributed by atoms with Gasteiger partial charge in [0.2, 0.25) is 0 Å². The molecule has 0 N–H and O–H groups in total. The highest BCUT2D eigenvalue weighted by atomic mass is 16.5. The zero-order valence-corrected chi connectivity index (χ0v) is 6.98. The molecular weight excluding hydrogens is 154 g/mol. The van der Waals surface area contributed by atoms with Gasteiger partial charge in [-0.2, -0.15) is 4.98 Å². The summed E-state index contributed by atoms with van der Waals surface area (Å²) in [5.74, 6) is 1.23. The van der Waals surface area contributed by atoms with Gasteiger partial charge < -0.3 is 9.09 Å². The molecule has 12 heavy (non-hydrogen) atoms. The van der Waals surface area contributed by atoms with Crippen molar-refractivity contribution in [1.29, 1.82) is 0 Å². The first-order valence-electron chi connectivity index (χ1n) is 3.69. The normalized spacial score (nSPS) is 10.5. The Morgan fingerprint density at radius 1 is 1.50 bits per heavy atom. The van der Waals surface area contributed by atoms with Crippen molar-refractivity contribution < 1.29 is 4.52 Å². The molecule has 4 nitrogen and oxygen atoms in total. The summed E-state index contributed by atoms with van der Waals surface area (Å²) in [4.78, 5) is 4.12. The van der Waals surface area contributed by atoms with Gasteiger partial charge in [0.05, 0.1) is 0 Å². The number of aryl methyl sites for hydroxylation is 2. The van der Waals surface area contributed by atoms with Crippen LogP contribution in [-0.4, -0.2) is 14.7 Å². The molecule has 0 unspecified atom stereocenters. The van der Waals surface area contributed by atoms with E-state index in [2.05, 4.69) is 10.1 Å². The fraction of sp³-hybridized carbons (Fsp3) is 0.250. The van der Waals surface area contributed by atoms with Crippen LogP contribution in [-0.2, 0) is 7.05 Å². The van der Waals surface area contributed by atoms with E-state index in [0.29, 0.717) is 11.7 Å². The summed E-state index contributed by atoms with van der Waals surface area (Å²) in [5.41, 5.74) is 0.940. The Labute approximate surface area is 69.8 Å². The average Bonchev–Trinajstić information content (AvgIpc) is 2.58. The van der Waals surface area contributed by atoms with Gasteiger partial charge in [-0.25, -0.2) is 0 Å². The summed E-state index contributed by atoms with van der Waals surface area (Å²) in [6, 6.07) is 3.88. The van der Waals surface area contributed by atoms with Gasteiger partial charge in [-0.3, -0.25) is 0 Å². The molecule has 2 aromatic heterocycles. The van der Waals surface area contributed by atoms with Gasteiger partial charge in [0, 0.05) is 13.2 Å². The van der Waals surface area contributed by atoms with Crippen molar-refractivity contribution in [3.05, 3.63) is 24.2 Å². The summed E-state index contributed by atoms with van der Waals surface area (Å²) in [7, 11) is 1.94. The van der Waals surface area contributed by atoms with Crippen molar-refractivity contribution in [2.75, 3.05) is 0 Å². The van der Waals surface area contributed by atoms with E-state index in [1.54, 1.807) is 6.92 Å². The van der Waals surface area contributed by atoms with Crippen LogP contribution in [0.15, 0.2) is 22.9 Å². The molecule has 4 heteroatoms. The number of rotatable bonds is 1. The van der Waals surface area contributed by atoms with E-state index in [9.17, 15) is 0 Å². The number of hydrogen-bond acceptors (Lipinski definition) is 3. The highest BCUT2D eigenvalue weighted by Gasteiger charge is 2.07. The van der Waals surface area contributed by atoms with Crippen LogP contribution in [0.1, 0.15) is 5.82 Å². The Hall–Kier alpha value is -1.58. The van der Waals surface area contributed by atoms with E-state index in [0.717, 1.165) is 5.69 Å². The van der Waals surface area contributed by atoms with Crippen molar-refractivity contribution in [3.63, 3.8) is 0 Å². The zero-order chi connectivity index (χ0) is 8.55. The van der Waals surface area contributed by atoms with Crippen LogP contribution >= 0.6 is 0 Å². The molecule has 0 aliphatic heterocycles. The lowest BCUT2D eigenvalue weighted by molar-refractivity contribution is 0.423. The minimum Gasteiger partial charge on any atom is -0.347 e. The number of aromatic nitrogens is 3. The minimum atomic E-state index is 0.569. The Kier molecular flexibility index (Phi) is 1.46. The molecule has 0 atom stereocenters. The van der Waals surface area contributed by atoms with E-state index >= 15 is 0 Å². The summed E-state index contributed by atoms with van der Waals surface area (Å²) >= 11 is 0. The summed E-state index contributed by atoms with van der Waals surface area (Å²) < 4.78 is 6.94. The van der Waals surface area contributed by atoms with Gasteiger partial charge in [0.25, 0.3) is 5.89 Å². The minimum absolute atomic E-state index is 0.569. The Bertz CT molecular complexity index is 388. The van der Waals surface area contributed by atoms with E-state index in [1.807, 2.05) is 29.9 Å². The quantitative estimate of drug-likeness (QED) is 0.638. The van der Waals surface area contributed by atoms with Gasteiger partial charge >= 0.3 is 0 Å². The summed E-state index contributed by atoms with van der Waals surface area (Å²) in [6.45, 7) is 1.80. The third kappa shape index (κ3) is 1.01. The van der Waals surface area contributed by atoms with Crippen LogP contribution in [0.3, 0.4) is 0 Å². The van der Waals surface area contributed by atoms with Crippen molar-refractivity contribution >= 4 is 0 Å². The maximum Gasteiger partial charge on any atom is 0.274 e. The third-order valence-electron chi connectivity index (χ3n) is 1.69. The predicted octanol–water partition coefficient (Wildman–Crippen LogP) is 1.38. The van der Waals surface area contributed by atoms with Crippen molar-refractivity contribution in [2.24, 2.45) is 7.05 Å². The average molecular weight is 163 g/mol. The Morgan fingerprint density at radius 2 is 2.33 bits per heavy atom. The first-order chi connectivity index (χ1) is 5.77. The molecule has 0 amide bonds. The lowest BCUT2D eigenvalue weighted by atomic mass is 10.4. The number of hydrogen-bond donors (Lipinski definition) is 0. The van der Waals surface area contributed by atoms with Crippen LogP contribution in [0.2, 0.25) is 0 Å². The molecule has 0 aliphatic carbocycles. The molecule has 2 rings (SSSR count). The molecule has 0 aliphatic rings. The molecule has 0 fully saturated rings. The van der Waals surface area contributed by atoms with Gasteiger partial charge in [-0.15, -0.1) is 0 Å². The molecule has 0 spiro atoms. The fourth-order valence-corrected chi connectivity index (χ4v) is 1.08. The standard InChI is InChI=1S/C8H9N3O/c1-6-9-8(12-10-6)7-4-3-5-11(7)2/h3-5H,1-2H3. The number of nitrogens with zero attached hydrogens (tertiary/aromatic N) is 3. The molecule has 0 bridgehead atoms. The molecule has 2 heterocycles. The SMILES string of the molecule is Cc1noc(-c2cccn2C)n1. The van der Waals surface area contributed by atoms with Crippen LogP contribution in [0.4, 0.5) is 0 Å². The largest absolute Gasteiger partial charge is 0.347 e. The van der Waals surface area contributed by atoms with Crippen molar-refractivity contribution in [1.82, 2.24) is 14.7 Å². The maximum atomic E-state index is 5.01.